The Morgan fingerprint density at radius 2 is 1.86 bits per heavy atom. The second kappa shape index (κ2) is 5.56. The molecule has 0 bridgehead atoms. The van der Waals surface area contributed by atoms with Gasteiger partial charge >= 0.3 is 0 Å². The average molecular weight is 320 g/mol. The molecular formula is C18H19ClFNO. The number of rotatable bonds is 1. The maximum absolute atomic E-state index is 13.3. The number of likely N-dealkylation sites (tertiary alicyclic amines) is 1. The summed E-state index contributed by atoms with van der Waals surface area (Å²) in [6.07, 6.45) is 0.925. The minimum atomic E-state index is -0.343. The molecule has 0 saturated carbocycles. The molecule has 1 fully saturated rings. The zero-order chi connectivity index (χ0) is 14.4. The van der Waals surface area contributed by atoms with Crippen LogP contribution in [0.25, 0.3) is 0 Å². The Morgan fingerprint density at radius 1 is 1.14 bits per heavy atom. The summed E-state index contributed by atoms with van der Waals surface area (Å²) in [7, 11) is 2.15. The molecule has 22 heavy (non-hydrogen) atoms. The summed E-state index contributed by atoms with van der Waals surface area (Å²) in [5.74, 6) is 1.08. The molecule has 0 N–H and O–H groups in total. The highest BCUT2D eigenvalue weighted by Gasteiger charge is 2.51. The topological polar surface area (TPSA) is 12.5 Å². The normalized spacial score (nSPS) is 26.5. The summed E-state index contributed by atoms with van der Waals surface area (Å²) < 4.78 is 19.7. The number of piperidine rings is 1. The quantitative estimate of drug-likeness (QED) is 0.789. The van der Waals surface area contributed by atoms with Gasteiger partial charge in [0.25, 0.3) is 0 Å². The molecular weight excluding hydrogens is 301 g/mol. The van der Waals surface area contributed by atoms with Gasteiger partial charge in [0.05, 0.1) is 0 Å². The molecule has 2 aliphatic heterocycles. The van der Waals surface area contributed by atoms with Gasteiger partial charge < -0.3 is 9.64 Å². The molecule has 0 spiro atoms. The number of nitrogens with zero attached hydrogens (tertiary/aromatic N) is 1. The third-order valence-corrected chi connectivity index (χ3v) is 4.84. The van der Waals surface area contributed by atoms with Crippen molar-refractivity contribution in [1.29, 1.82) is 0 Å². The summed E-state index contributed by atoms with van der Waals surface area (Å²) >= 11 is 0. The van der Waals surface area contributed by atoms with E-state index in [2.05, 4.69) is 24.1 Å². The number of likely N-dealkylation sites (N-methyl/N-ethyl adjacent to an activating group) is 1. The monoisotopic (exact) mass is 319 g/mol. The number of para-hydroxylation sites is 1. The Balaban J connectivity index is 0.00000144. The lowest BCUT2D eigenvalue weighted by molar-refractivity contribution is 0.00698. The van der Waals surface area contributed by atoms with Gasteiger partial charge in [-0.15, -0.1) is 12.4 Å². The molecule has 2 aliphatic rings. The number of halogens is 2. The van der Waals surface area contributed by atoms with Crippen LogP contribution >= 0.6 is 12.4 Å². The summed E-state index contributed by atoms with van der Waals surface area (Å²) in [4.78, 5) is 2.35. The van der Waals surface area contributed by atoms with Crippen molar-refractivity contribution in [1.82, 2.24) is 4.90 Å². The fourth-order valence-corrected chi connectivity index (χ4v) is 3.75. The van der Waals surface area contributed by atoms with Gasteiger partial charge in [0, 0.05) is 31.0 Å². The van der Waals surface area contributed by atoms with Gasteiger partial charge in [-0.1, -0.05) is 30.3 Å². The Morgan fingerprint density at radius 3 is 2.64 bits per heavy atom. The van der Waals surface area contributed by atoms with Crippen molar-refractivity contribution in [3.05, 3.63) is 65.5 Å². The molecule has 2 nitrogen and oxygen atoms in total. The van der Waals surface area contributed by atoms with Crippen molar-refractivity contribution in [3.63, 3.8) is 0 Å². The minimum absolute atomic E-state index is 0. The van der Waals surface area contributed by atoms with E-state index in [1.165, 1.54) is 17.7 Å². The Kier molecular flexibility index (Phi) is 3.87. The van der Waals surface area contributed by atoms with Crippen molar-refractivity contribution < 1.29 is 9.13 Å². The minimum Gasteiger partial charge on any atom is -0.482 e. The van der Waals surface area contributed by atoms with Crippen LogP contribution in [-0.4, -0.2) is 25.0 Å². The van der Waals surface area contributed by atoms with Gasteiger partial charge in [0.15, 0.2) is 0 Å². The van der Waals surface area contributed by atoms with Crippen LogP contribution in [0.4, 0.5) is 4.39 Å². The fourth-order valence-electron chi connectivity index (χ4n) is 3.75. The first kappa shape index (κ1) is 15.3. The molecule has 2 heterocycles. The number of benzene rings is 2. The Bertz CT molecular complexity index is 675. The van der Waals surface area contributed by atoms with E-state index < -0.39 is 0 Å². The van der Waals surface area contributed by atoms with Crippen molar-refractivity contribution in [2.75, 3.05) is 20.1 Å². The van der Waals surface area contributed by atoms with Crippen LogP contribution in [0, 0.1) is 5.82 Å². The van der Waals surface area contributed by atoms with E-state index in [4.69, 9.17) is 4.74 Å². The molecule has 2 aromatic rings. The zero-order valence-electron chi connectivity index (χ0n) is 12.5. The molecule has 4 heteroatoms. The largest absolute Gasteiger partial charge is 0.482 e. The standard InChI is InChI=1S/C18H18FNO.ClH/c1-20-11-10-18(13-6-8-14(19)9-7-13)16(12-20)15-4-2-3-5-17(15)21-18;/h2-9,16H,10-12H2,1H3;1H/t16-,18+;/m1./s1. The van der Waals surface area contributed by atoms with Gasteiger partial charge in [0.1, 0.15) is 17.2 Å². The highest BCUT2D eigenvalue weighted by molar-refractivity contribution is 5.85. The van der Waals surface area contributed by atoms with Gasteiger partial charge in [0.2, 0.25) is 0 Å². The van der Waals surface area contributed by atoms with Crippen LogP contribution < -0.4 is 4.74 Å². The van der Waals surface area contributed by atoms with Crippen molar-refractivity contribution >= 4 is 12.4 Å². The highest BCUT2D eigenvalue weighted by atomic mass is 35.5. The van der Waals surface area contributed by atoms with Crippen molar-refractivity contribution in [2.24, 2.45) is 0 Å². The third-order valence-electron chi connectivity index (χ3n) is 4.84. The number of fused-ring (bicyclic) bond motifs is 3. The molecule has 116 valence electrons. The molecule has 0 amide bonds. The van der Waals surface area contributed by atoms with Crippen molar-refractivity contribution in [2.45, 2.75) is 17.9 Å². The van der Waals surface area contributed by atoms with E-state index >= 15 is 0 Å². The predicted octanol–water partition coefficient (Wildman–Crippen LogP) is 3.95. The summed E-state index contributed by atoms with van der Waals surface area (Å²) in [5.41, 5.74) is 2.01. The molecule has 0 radical (unpaired) electrons. The Labute approximate surface area is 136 Å². The lowest BCUT2D eigenvalue weighted by Crippen LogP contribution is -2.47. The van der Waals surface area contributed by atoms with Crippen LogP contribution in [0.2, 0.25) is 0 Å². The second-order valence-electron chi connectivity index (χ2n) is 6.10. The second-order valence-corrected chi connectivity index (χ2v) is 6.10. The maximum atomic E-state index is 13.3. The van der Waals surface area contributed by atoms with Crippen LogP contribution in [0.3, 0.4) is 0 Å². The zero-order valence-corrected chi connectivity index (χ0v) is 13.3. The van der Waals surface area contributed by atoms with E-state index in [1.807, 2.05) is 24.3 Å². The van der Waals surface area contributed by atoms with Gasteiger partial charge in [-0.2, -0.15) is 0 Å². The van der Waals surface area contributed by atoms with Crippen LogP contribution in [0.5, 0.6) is 5.75 Å². The van der Waals surface area contributed by atoms with Gasteiger partial charge in [-0.25, -0.2) is 4.39 Å². The van der Waals surface area contributed by atoms with E-state index in [9.17, 15) is 4.39 Å². The van der Waals surface area contributed by atoms with E-state index in [0.29, 0.717) is 5.92 Å². The van der Waals surface area contributed by atoms with Crippen molar-refractivity contribution in [3.8, 4) is 5.75 Å². The fraction of sp³-hybridized carbons (Fsp3) is 0.333. The molecule has 0 aliphatic carbocycles. The highest BCUT2D eigenvalue weighted by Crippen LogP contribution is 2.54. The molecule has 2 atom stereocenters. The Hall–Kier alpha value is -1.58. The lowest BCUT2D eigenvalue weighted by atomic mass is 9.74. The molecule has 1 saturated heterocycles. The molecule has 2 aromatic carbocycles. The SMILES string of the molecule is CN1CC[C@@]2(c3ccc(F)cc3)Oc3ccccc3[C@H]2C1.Cl. The summed E-state index contributed by atoms with van der Waals surface area (Å²) in [6, 6.07) is 15.1. The summed E-state index contributed by atoms with van der Waals surface area (Å²) in [5, 5.41) is 0. The van der Waals surface area contributed by atoms with E-state index in [-0.39, 0.29) is 23.8 Å². The molecule has 4 rings (SSSR count). The summed E-state index contributed by atoms with van der Waals surface area (Å²) in [6.45, 7) is 1.95. The maximum Gasteiger partial charge on any atom is 0.143 e. The van der Waals surface area contributed by atoms with E-state index in [1.54, 1.807) is 0 Å². The molecule has 0 aromatic heterocycles. The van der Waals surface area contributed by atoms with Gasteiger partial charge in [-0.3, -0.25) is 0 Å². The van der Waals surface area contributed by atoms with Crippen LogP contribution in [0.15, 0.2) is 48.5 Å². The lowest BCUT2D eigenvalue weighted by Gasteiger charge is -2.42. The van der Waals surface area contributed by atoms with Crippen LogP contribution in [-0.2, 0) is 5.60 Å². The molecule has 0 unspecified atom stereocenters. The number of hydrogen-bond donors (Lipinski definition) is 0. The number of hydrogen-bond acceptors (Lipinski definition) is 2. The smallest absolute Gasteiger partial charge is 0.143 e. The third kappa shape index (κ3) is 2.20. The van der Waals surface area contributed by atoms with Gasteiger partial charge in [-0.05, 0) is 30.8 Å². The van der Waals surface area contributed by atoms with Crippen LogP contribution in [0.1, 0.15) is 23.5 Å². The number of ether oxygens (including phenoxy) is 1. The average Bonchev–Trinajstić information content (AvgIpc) is 2.83. The first-order chi connectivity index (χ1) is 10.2. The van der Waals surface area contributed by atoms with E-state index in [0.717, 1.165) is 30.8 Å². The first-order valence-electron chi connectivity index (χ1n) is 7.41. The first-order valence-corrected chi connectivity index (χ1v) is 7.41. The predicted molar refractivity (Wildman–Crippen MR) is 87.3 cm³/mol.